The van der Waals surface area contributed by atoms with E-state index >= 15 is 0 Å². The molecule has 1 aliphatic carbocycles. The standard InChI is InChI=1S/C13H15NO/c15-12-7-3-6-11-10-5-2-1-4-9(10)8-14-13(11)12/h1-2,4-5,8,12-15H,3,6-7H2. The molecule has 1 saturated carbocycles. The molecule has 0 spiro atoms. The second kappa shape index (κ2) is 3.38. The van der Waals surface area contributed by atoms with Crippen LogP contribution in [-0.2, 0) is 0 Å². The monoisotopic (exact) mass is 201 g/mol. The molecule has 2 aliphatic rings. The van der Waals surface area contributed by atoms with Crippen LogP contribution in [0.5, 0.6) is 0 Å². The van der Waals surface area contributed by atoms with Gasteiger partial charge < -0.3 is 10.4 Å². The second-order valence-electron chi connectivity index (χ2n) is 4.36. The second-order valence-corrected chi connectivity index (χ2v) is 4.36. The van der Waals surface area contributed by atoms with Crippen LogP contribution in [0.15, 0.2) is 24.3 Å². The van der Waals surface area contributed by atoms with Gasteiger partial charge in [-0.25, -0.2) is 0 Å². The van der Waals surface area contributed by atoms with Gasteiger partial charge >= 0.3 is 0 Å². The number of rotatable bonds is 0. The quantitative estimate of drug-likeness (QED) is 0.623. The van der Waals surface area contributed by atoms with Gasteiger partial charge in [-0.1, -0.05) is 24.3 Å². The van der Waals surface area contributed by atoms with Crippen molar-refractivity contribution < 1.29 is 5.11 Å². The smallest absolute Gasteiger partial charge is 0.0780 e. The van der Waals surface area contributed by atoms with Gasteiger partial charge in [0.05, 0.1) is 12.1 Å². The van der Waals surface area contributed by atoms with Crippen molar-refractivity contribution in [3.8, 4) is 0 Å². The van der Waals surface area contributed by atoms with Crippen molar-refractivity contribution in [1.29, 1.82) is 0 Å². The molecule has 0 amide bonds. The Morgan fingerprint density at radius 3 is 3.07 bits per heavy atom. The Bertz CT molecular complexity index is 492. The summed E-state index contributed by atoms with van der Waals surface area (Å²) in [5, 5.41) is 15.8. The first-order valence-electron chi connectivity index (χ1n) is 5.59. The average Bonchev–Trinajstić information content (AvgIpc) is 2.29. The van der Waals surface area contributed by atoms with Crippen LogP contribution in [0, 0.1) is 0 Å². The van der Waals surface area contributed by atoms with Crippen LogP contribution in [0.2, 0.25) is 0 Å². The van der Waals surface area contributed by atoms with E-state index in [1.807, 2.05) is 6.20 Å². The summed E-state index contributed by atoms with van der Waals surface area (Å²) in [7, 11) is 0. The molecule has 78 valence electrons. The van der Waals surface area contributed by atoms with Crippen molar-refractivity contribution >= 4 is 11.8 Å². The predicted molar refractivity (Wildman–Crippen MR) is 60.3 cm³/mol. The zero-order chi connectivity index (χ0) is 10.3. The molecule has 3 rings (SSSR count). The summed E-state index contributed by atoms with van der Waals surface area (Å²) in [4.78, 5) is 0. The SMILES string of the molecule is OC1CCCC2=c3ccccc3=CNC21. The lowest BCUT2D eigenvalue weighted by molar-refractivity contribution is 0.132. The molecule has 0 radical (unpaired) electrons. The van der Waals surface area contributed by atoms with E-state index in [0.29, 0.717) is 0 Å². The first-order valence-corrected chi connectivity index (χ1v) is 5.59. The maximum absolute atomic E-state index is 9.93. The normalized spacial score (nSPS) is 28.5. The van der Waals surface area contributed by atoms with Crippen molar-refractivity contribution in [3.05, 3.63) is 34.7 Å². The molecule has 2 unspecified atom stereocenters. The minimum atomic E-state index is -0.224. The van der Waals surface area contributed by atoms with E-state index < -0.39 is 0 Å². The molecule has 2 heteroatoms. The van der Waals surface area contributed by atoms with Crippen molar-refractivity contribution in [2.75, 3.05) is 0 Å². The summed E-state index contributed by atoms with van der Waals surface area (Å²) in [5.74, 6) is 0. The Labute approximate surface area is 88.9 Å². The highest BCUT2D eigenvalue weighted by atomic mass is 16.3. The van der Waals surface area contributed by atoms with Crippen LogP contribution in [0.25, 0.3) is 11.8 Å². The van der Waals surface area contributed by atoms with E-state index in [1.54, 1.807) is 0 Å². The molecule has 0 saturated heterocycles. The molecular weight excluding hydrogens is 186 g/mol. The fraction of sp³-hybridized carbons (Fsp3) is 0.385. The lowest BCUT2D eigenvalue weighted by Crippen LogP contribution is -2.49. The number of aliphatic hydroxyl groups is 1. The van der Waals surface area contributed by atoms with Crippen molar-refractivity contribution in [2.24, 2.45) is 0 Å². The molecule has 0 bridgehead atoms. The Morgan fingerprint density at radius 1 is 1.27 bits per heavy atom. The van der Waals surface area contributed by atoms with E-state index in [0.717, 1.165) is 19.3 Å². The first kappa shape index (κ1) is 8.98. The van der Waals surface area contributed by atoms with Gasteiger partial charge in [-0.3, -0.25) is 0 Å². The molecule has 2 N–H and O–H groups in total. The summed E-state index contributed by atoms with van der Waals surface area (Å²) in [6.45, 7) is 0. The number of benzene rings is 1. The zero-order valence-corrected chi connectivity index (χ0v) is 8.61. The number of fused-ring (bicyclic) bond motifs is 2. The highest BCUT2D eigenvalue weighted by Gasteiger charge is 2.28. The lowest BCUT2D eigenvalue weighted by Gasteiger charge is -2.32. The van der Waals surface area contributed by atoms with Crippen LogP contribution in [0.1, 0.15) is 19.3 Å². The average molecular weight is 201 g/mol. The molecular formula is C13H15NO. The minimum absolute atomic E-state index is 0.147. The van der Waals surface area contributed by atoms with E-state index in [1.165, 1.54) is 16.0 Å². The molecule has 1 aromatic carbocycles. The van der Waals surface area contributed by atoms with E-state index in [9.17, 15) is 5.11 Å². The van der Waals surface area contributed by atoms with E-state index in [-0.39, 0.29) is 12.1 Å². The first-order chi connectivity index (χ1) is 7.36. The van der Waals surface area contributed by atoms with Gasteiger partial charge in [-0.2, -0.15) is 0 Å². The molecule has 1 aromatic rings. The van der Waals surface area contributed by atoms with Crippen LogP contribution >= 0.6 is 0 Å². The molecule has 0 aromatic heterocycles. The third-order valence-electron chi connectivity index (χ3n) is 3.43. The lowest BCUT2D eigenvalue weighted by atomic mass is 9.84. The van der Waals surface area contributed by atoms with Crippen LogP contribution in [-0.4, -0.2) is 17.3 Å². The fourth-order valence-corrected chi connectivity index (χ4v) is 2.66. The van der Waals surface area contributed by atoms with Crippen molar-refractivity contribution in [2.45, 2.75) is 31.4 Å². The van der Waals surface area contributed by atoms with Gasteiger partial charge in [0, 0.05) is 6.20 Å². The maximum Gasteiger partial charge on any atom is 0.0780 e. The summed E-state index contributed by atoms with van der Waals surface area (Å²) in [6.07, 6.45) is 4.93. The molecule has 2 nitrogen and oxygen atoms in total. The summed E-state index contributed by atoms with van der Waals surface area (Å²) >= 11 is 0. The maximum atomic E-state index is 9.93. The Balaban J connectivity index is 2.24. The Morgan fingerprint density at radius 2 is 2.13 bits per heavy atom. The highest BCUT2D eigenvalue weighted by molar-refractivity contribution is 5.57. The Hall–Kier alpha value is -1.28. The van der Waals surface area contributed by atoms with Crippen LogP contribution in [0.4, 0.5) is 0 Å². The molecule has 2 atom stereocenters. The third kappa shape index (κ3) is 1.37. The van der Waals surface area contributed by atoms with Crippen LogP contribution < -0.4 is 15.8 Å². The van der Waals surface area contributed by atoms with Gasteiger partial charge in [-0.05, 0) is 35.3 Å². The van der Waals surface area contributed by atoms with Crippen molar-refractivity contribution in [3.63, 3.8) is 0 Å². The molecule has 1 fully saturated rings. The highest BCUT2D eigenvalue weighted by Crippen LogP contribution is 2.24. The van der Waals surface area contributed by atoms with Gasteiger partial charge in [0.2, 0.25) is 0 Å². The number of aliphatic hydroxyl groups excluding tert-OH is 1. The Kier molecular flexibility index (Phi) is 2.03. The van der Waals surface area contributed by atoms with E-state index in [4.69, 9.17) is 0 Å². The van der Waals surface area contributed by atoms with Gasteiger partial charge in [0.15, 0.2) is 0 Å². The summed E-state index contributed by atoms with van der Waals surface area (Å²) < 4.78 is 0. The van der Waals surface area contributed by atoms with E-state index in [2.05, 4.69) is 29.6 Å². The van der Waals surface area contributed by atoms with Gasteiger partial charge in [0.25, 0.3) is 0 Å². The zero-order valence-electron chi connectivity index (χ0n) is 8.61. The van der Waals surface area contributed by atoms with Gasteiger partial charge in [-0.15, -0.1) is 0 Å². The number of nitrogens with one attached hydrogen (secondary N) is 1. The summed E-state index contributed by atoms with van der Waals surface area (Å²) in [6, 6.07) is 8.55. The molecule has 1 heterocycles. The largest absolute Gasteiger partial charge is 0.391 e. The topological polar surface area (TPSA) is 32.3 Å². The molecule has 1 aliphatic heterocycles. The van der Waals surface area contributed by atoms with Crippen molar-refractivity contribution in [1.82, 2.24) is 5.32 Å². The number of hydrogen-bond acceptors (Lipinski definition) is 2. The van der Waals surface area contributed by atoms with Crippen LogP contribution in [0.3, 0.4) is 0 Å². The van der Waals surface area contributed by atoms with Gasteiger partial charge in [0.1, 0.15) is 0 Å². The fourth-order valence-electron chi connectivity index (χ4n) is 2.66. The third-order valence-corrected chi connectivity index (χ3v) is 3.43. The molecule has 15 heavy (non-hydrogen) atoms. The minimum Gasteiger partial charge on any atom is -0.391 e. The number of hydrogen-bond donors (Lipinski definition) is 2. The summed E-state index contributed by atoms with van der Waals surface area (Å²) in [5.41, 5.74) is 1.38. The predicted octanol–water partition coefficient (Wildman–Crippen LogP) is 0.0919.